The summed E-state index contributed by atoms with van der Waals surface area (Å²) in [7, 11) is 0. The summed E-state index contributed by atoms with van der Waals surface area (Å²) in [4.78, 5) is 4.92. The summed E-state index contributed by atoms with van der Waals surface area (Å²) in [6, 6.07) is 94.2. The highest BCUT2D eigenvalue weighted by atomic mass is 15.2. The lowest BCUT2D eigenvalue weighted by molar-refractivity contribution is 0.590. The summed E-state index contributed by atoms with van der Waals surface area (Å²) < 4.78 is 85.7. The molecule has 2 aliphatic heterocycles. The van der Waals surface area contributed by atoms with Crippen LogP contribution in [0.5, 0.6) is 0 Å². The van der Waals surface area contributed by atoms with Crippen LogP contribution in [-0.2, 0) is 27.1 Å². The molecule has 119 heavy (non-hydrogen) atoms. The average molecular weight is 1550 g/mol. The van der Waals surface area contributed by atoms with Crippen molar-refractivity contribution in [1.29, 1.82) is 5.26 Å². The standard InChI is InChI=1S/C111H96BN7/c1-107(2,3)71-43-52-96-86(56-71)87-57-72(108(4,5)6)44-53-97(87)115(96)77-48-50-90-101(63-77)116(76-47-42-70(67-113)100(62-76)118-94-40-28-24-36-82(94)83-37-25-29-41-95(83)118)103-65-79(117-98-54-45-73(109(7,8)9)58-88(98)89-59-74(110(10,11)12)46-55-99(89)117)66-104-105(103)112(90)91-51-49-78(114-92-38-26-22-34-80(92)81-35-23-27-39-93(81)114)64-102(91)119(104)106-84(68-30-18-16-19-31-68)60-75(111(13,14)15)61-85(106)69-32-20-17-21-33-69/h16-66H,1-15H3/i22D,23D,26D,27D,34D,35D,38D,39D. The monoisotopic (exact) mass is 1550 g/mol. The molecule has 0 atom stereocenters. The molecule has 0 bridgehead atoms. The minimum atomic E-state index is -0.611. The van der Waals surface area contributed by atoms with Gasteiger partial charge in [-0.25, -0.2) is 0 Å². The van der Waals surface area contributed by atoms with Crippen LogP contribution < -0.4 is 26.2 Å². The first-order valence-electron chi connectivity index (χ1n) is 45.6. The fourth-order valence-electron chi connectivity index (χ4n) is 19.1. The molecule has 0 N–H and O–H groups in total. The molecule has 6 heterocycles. The maximum atomic E-state index is 11.8. The van der Waals surface area contributed by atoms with Crippen LogP contribution in [0.4, 0.5) is 34.1 Å². The molecule has 8 heteroatoms. The summed E-state index contributed by atoms with van der Waals surface area (Å²) >= 11 is 0. The third kappa shape index (κ3) is 11.5. The van der Waals surface area contributed by atoms with Crippen molar-refractivity contribution in [1.82, 2.24) is 18.3 Å². The Balaban J connectivity index is 0.979. The number of para-hydroxylation sites is 4. The molecule has 0 fully saturated rings. The fraction of sp³-hybridized carbons (Fsp3) is 0.180. The van der Waals surface area contributed by atoms with Crippen molar-refractivity contribution in [2.75, 3.05) is 9.80 Å². The number of nitriles is 1. The van der Waals surface area contributed by atoms with Crippen LogP contribution in [0.25, 0.3) is 132 Å². The van der Waals surface area contributed by atoms with Crippen LogP contribution in [0.1, 0.15) is 148 Å². The summed E-state index contributed by atoms with van der Waals surface area (Å²) in [5.74, 6) is 0. The molecule has 0 amide bonds. The van der Waals surface area contributed by atoms with E-state index >= 15 is 0 Å². The van der Waals surface area contributed by atoms with E-state index in [2.05, 4.69) is 382 Å². The highest BCUT2D eigenvalue weighted by molar-refractivity contribution is 7.00. The Morgan fingerprint density at radius 2 is 0.630 bits per heavy atom. The molecule has 0 unspecified atom stereocenters. The van der Waals surface area contributed by atoms with Gasteiger partial charge in [0.05, 0.1) is 77.7 Å². The van der Waals surface area contributed by atoms with Crippen molar-refractivity contribution in [3.05, 3.63) is 343 Å². The first-order valence-corrected chi connectivity index (χ1v) is 41.6. The van der Waals surface area contributed by atoms with Crippen LogP contribution in [0.15, 0.2) is 309 Å². The Labute approximate surface area is 709 Å². The zero-order chi connectivity index (χ0) is 88.8. The van der Waals surface area contributed by atoms with Gasteiger partial charge in [-0.2, -0.15) is 5.26 Å². The topological polar surface area (TPSA) is 50.0 Å². The van der Waals surface area contributed by atoms with E-state index in [4.69, 9.17) is 0 Å². The highest BCUT2D eigenvalue weighted by Gasteiger charge is 2.46. The molecule has 0 aliphatic carbocycles. The molecule has 578 valence electrons. The van der Waals surface area contributed by atoms with Crippen molar-refractivity contribution in [3.63, 3.8) is 0 Å². The molecule has 7 nitrogen and oxygen atoms in total. The Morgan fingerprint density at radius 3 is 1.06 bits per heavy atom. The second-order valence-corrected chi connectivity index (χ2v) is 38.0. The van der Waals surface area contributed by atoms with Crippen LogP contribution in [-0.4, -0.2) is 25.0 Å². The maximum absolute atomic E-state index is 11.8. The molecule has 21 rings (SSSR count). The number of rotatable bonds is 8. The smallest absolute Gasteiger partial charge is 0.252 e. The average Bonchev–Trinajstić information content (AvgIpc) is 1.68. The van der Waals surface area contributed by atoms with Crippen molar-refractivity contribution in [3.8, 4) is 51.1 Å². The molecule has 0 saturated carbocycles. The summed E-state index contributed by atoms with van der Waals surface area (Å²) in [6.07, 6.45) is 0. The molecule has 0 saturated heterocycles. The number of benzene rings is 15. The van der Waals surface area contributed by atoms with Gasteiger partial charge in [-0.15, -0.1) is 0 Å². The molecule has 0 spiro atoms. The van der Waals surface area contributed by atoms with Gasteiger partial charge in [-0.3, -0.25) is 0 Å². The van der Waals surface area contributed by atoms with Gasteiger partial charge in [-0.1, -0.05) is 274 Å². The molecular weight excluding hydrogens is 1440 g/mol. The molecule has 2 aliphatic rings. The molecule has 19 aromatic rings. The summed E-state index contributed by atoms with van der Waals surface area (Å²) in [5, 5.41) is 18.4. The van der Waals surface area contributed by atoms with Crippen LogP contribution in [0.3, 0.4) is 0 Å². The lowest BCUT2D eigenvalue weighted by Gasteiger charge is -2.45. The normalized spacial score (nSPS) is 14.2. The third-order valence-electron chi connectivity index (χ3n) is 25.4. The number of nitrogens with zero attached hydrogens (tertiary/aromatic N) is 7. The molecule has 15 aromatic carbocycles. The van der Waals surface area contributed by atoms with Crippen LogP contribution >= 0.6 is 0 Å². The number of hydrogen-bond acceptors (Lipinski definition) is 3. The Bertz CT molecular complexity index is 7710. The lowest BCUT2D eigenvalue weighted by atomic mass is 9.33. The van der Waals surface area contributed by atoms with Crippen molar-refractivity contribution < 1.29 is 11.0 Å². The fourth-order valence-corrected chi connectivity index (χ4v) is 19.1. The van der Waals surface area contributed by atoms with Gasteiger partial charge in [0, 0.05) is 94.0 Å². The SMILES string of the molecule is [2H]c1c([2H])c([2H])c2c(c1[2H])c1c([2H])c([2H])c([2H])c([2H])c1n2-c1ccc2c(c1)N(c1c(-c3ccccc3)cc(C(C)(C)C)cc1-c1ccccc1)c1cc(-n3c4ccc(C(C)(C)C)cc4c4cc(C(C)(C)C)ccc43)cc3c1B2c1ccc(-n2c4ccc(C(C)(C)C)cc4c4cc(C(C)(C)C)ccc42)cc1N3c1ccc(C#N)c(-n2c3ccccc3c3ccccc32)c1. The first kappa shape index (κ1) is 64.8. The Hall–Kier alpha value is -13.3. The first-order chi connectivity index (χ1) is 60.5. The van der Waals surface area contributed by atoms with E-state index in [-0.39, 0.29) is 48.9 Å². The van der Waals surface area contributed by atoms with Gasteiger partial charge < -0.3 is 28.1 Å². The number of fused-ring (bicyclic) bond motifs is 16. The summed E-state index contributed by atoms with van der Waals surface area (Å²) in [5.41, 5.74) is 25.7. The van der Waals surface area contributed by atoms with Gasteiger partial charge in [0.15, 0.2) is 0 Å². The van der Waals surface area contributed by atoms with E-state index in [9.17, 15) is 16.2 Å². The lowest BCUT2D eigenvalue weighted by Crippen LogP contribution is -2.61. The Morgan fingerprint density at radius 1 is 0.277 bits per heavy atom. The van der Waals surface area contributed by atoms with E-state index in [1.165, 1.54) is 22.3 Å². The third-order valence-corrected chi connectivity index (χ3v) is 25.4. The van der Waals surface area contributed by atoms with E-state index in [1.807, 2.05) is 12.1 Å². The van der Waals surface area contributed by atoms with Gasteiger partial charge in [0.1, 0.15) is 6.07 Å². The minimum Gasteiger partial charge on any atom is -0.311 e. The second-order valence-electron chi connectivity index (χ2n) is 38.0. The van der Waals surface area contributed by atoms with Crippen molar-refractivity contribution >= 4 is 144 Å². The van der Waals surface area contributed by atoms with Gasteiger partial charge in [0.2, 0.25) is 0 Å². The predicted octanol–water partition coefficient (Wildman–Crippen LogP) is 27.9. The second kappa shape index (κ2) is 26.3. The van der Waals surface area contributed by atoms with Crippen LogP contribution in [0, 0.1) is 11.3 Å². The van der Waals surface area contributed by atoms with E-state index < -0.39 is 55.1 Å². The zero-order valence-corrected chi connectivity index (χ0v) is 70.0. The van der Waals surface area contributed by atoms with Gasteiger partial charge in [0.25, 0.3) is 6.71 Å². The van der Waals surface area contributed by atoms with Gasteiger partial charge >= 0.3 is 0 Å². The van der Waals surface area contributed by atoms with E-state index in [1.54, 1.807) is 4.57 Å². The predicted molar refractivity (Wildman–Crippen MR) is 507 cm³/mol. The minimum absolute atomic E-state index is 0.0122. The highest BCUT2D eigenvalue weighted by Crippen LogP contribution is 2.55. The largest absolute Gasteiger partial charge is 0.311 e. The molecular formula is C111H96BN7. The van der Waals surface area contributed by atoms with Crippen molar-refractivity contribution in [2.24, 2.45) is 0 Å². The van der Waals surface area contributed by atoms with Gasteiger partial charge in [-0.05, 0) is 222 Å². The maximum Gasteiger partial charge on any atom is 0.252 e. The van der Waals surface area contributed by atoms with E-state index in [0.29, 0.717) is 22.6 Å². The molecule has 0 radical (unpaired) electrons. The number of hydrogen-bond donors (Lipinski definition) is 0. The zero-order valence-electron chi connectivity index (χ0n) is 78.0. The Kier molecular flexibility index (Phi) is 14.3. The van der Waals surface area contributed by atoms with E-state index in [0.717, 1.165) is 149 Å². The molecule has 4 aromatic heterocycles. The van der Waals surface area contributed by atoms with Crippen molar-refractivity contribution in [2.45, 2.75) is 131 Å². The quantitative estimate of drug-likeness (QED) is 0.142. The number of aromatic nitrogens is 4. The number of anilines is 6. The van der Waals surface area contributed by atoms with Crippen LogP contribution in [0.2, 0.25) is 0 Å². The summed E-state index contributed by atoms with van der Waals surface area (Å²) in [6.45, 7) is 33.5.